The summed E-state index contributed by atoms with van der Waals surface area (Å²) in [5.41, 5.74) is 6.19. The molecule has 1 aromatic carbocycles. The molecule has 0 aliphatic heterocycles. The molecule has 0 heterocycles. The summed E-state index contributed by atoms with van der Waals surface area (Å²) in [6.07, 6.45) is 1.29. The van der Waals surface area contributed by atoms with Crippen molar-refractivity contribution in [1.82, 2.24) is 5.32 Å². The molecule has 0 spiro atoms. The van der Waals surface area contributed by atoms with Gasteiger partial charge in [0.2, 0.25) is 5.91 Å². The first-order valence-electron chi connectivity index (χ1n) is 6.22. The molecule has 0 aromatic heterocycles. The van der Waals surface area contributed by atoms with Crippen molar-refractivity contribution in [3.63, 3.8) is 0 Å². The third kappa shape index (κ3) is 6.98. The first-order chi connectivity index (χ1) is 9.26. The molecule has 6 nitrogen and oxygen atoms in total. The summed E-state index contributed by atoms with van der Waals surface area (Å²) >= 11 is 0. The Bertz CT molecular complexity index is 557. The molecular weight excluding hydrogens is 280 g/mol. The van der Waals surface area contributed by atoms with Crippen LogP contribution in [0.3, 0.4) is 0 Å². The average molecular weight is 300 g/mol. The van der Waals surface area contributed by atoms with Crippen molar-refractivity contribution in [2.45, 2.75) is 19.4 Å². The Morgan fingerprint density at radius 2 is 2.15 bits per heavy atom. The van der Waals surface area contributed by atoms with E-state index in [1.807, 2.05) is 0 Å². The van der Waals surface area contributed by atoms with Gasteiger partial charge in [-0.15, -0.1) is 0 Å². The Hall–Kier alpha value is -1.76. The maximum atomic E-state index is 11.6. The summed E-state index contributed by atoms with van der Waals surface area (Å²) in [6.45, 7) is 1.86. The zero-order valence-electron chi connectivity index (χ0n) is 11.6. The number of amides is 1. The zero-order chi connectivity index (χ0) is 15.2. The van der Waals surface area contributed by atoms with Gasteiger partial charge in [0, 0.05) is 24.1 Å². The van der Waals surface area contributed by atoms with Crippen LogP contribution in [0.5, 0.6) is 5.75 Å². The number of rotatable bonds is 7. The van der Waals surface area contributed by atoms with Crippen molar-refractivity contribution in [3.05, 3.63) is 24.3 Å². The topological polar surface area (TPSA) is 98.5 Å². The van der Waals surface area contributed by atoms with E-state index in [-0.39, 0.29) is 24.7 Å². The molecular formula is C13H20N2O4S. The standard InChI is InChI=1S/C13H20N2O4S/c1-10(9-20(2,17)18)15-13(16)6-7-19-12-5-3-4-11(14)8-12/h3-5,8,10H,6-7,9,14H2,1-2H3,(H,15,16). The quantitative estimate of drug-likeness (QED) is 0.718. The third-order valence-electron chi connectivity index (χ3n) is 2.42. The molecule has 0 saturated carbocycles. The van der Waals surface area contributed by atoms with Crippen LogP contribution >= 0.6 is 0 Å². The van der Waals surface area contributed by atoms with Crippen molar-refractivity contribution >= 4 is 21.4 Å². The van der Waals surface area contributed by atoms with Crippen molar-refractivity contribution in [2.24, 2.45) is 0 Å². The van der Waals surface area contributed by atoms with Crippen LogP contribution in [0.4, 0.5) is 5.69 Å². The minimum atomic E-state index is -3.10. The summed E-state index contributed by atoms with van der Waals surface area (Å²) in [4.78, 5) is 11.6. The lowest BCUT2D eigenvalue weighted by Gasteiger charge is -2.13. The molecule has 20 heavy (non-hydrogen) atoms. The predicted molar refractivity (Wildman–Crippen MR) is 78.3 cm³/mol. The number of anilines is 1. The molecule has 3 N–H and O–H groups in total. The summed E-state index contributed by atoms with van der Waals surface area (Å²) in [5.74, 6) is 0.279. The number of carbonyl (C=O) groups excluding carboxylic acids is 1. The van der Waals surface area contributed by atoms with Crippen molar-refractivity contribution in [2.75, 3.05) is 24.3 Å². The normalized spacial score (nSPS) is 12.7. The maximum absolute atomic E-state index is 11.6. The van der Waals surface area contributed by atoms with E-state index in [4.69, 9.17) is 10.5 Å². The highest BCUT2D eigenvalue weighted by Gasteiger charge is 2.13. The molecule has 0 radical (unpaired) electrons. The fourth-order valence-corrected chi connectivity index (χ4v) is 2.70. The molecule has 0 aliphatic carbocycles. The van der Waals surface area contributed by atoms with Crippen LogP contribution in [0.2, 0.25) is 0 Å². The van der Waals surface area contributed by atoms with Gasteiger partial charge in [-0.05, 0) is 19.1 Å². The van der Waals surface area contributed by atoms with Crippen molar-refractivity contribution < 1.29 is 17.9 Å². The summed E-state index contributed by atoms with van der Waals surface area (Å²) in [6, 6.07) is 6.51. The van der Waals surface area contributed by atoms with E-state index in [1.165, 1.54) is 0 Å². The van der Waals surface area contributed by atoms with E-state index >= 15 is 0 Å². The SMILES string of the molecule is CC(CS(C)(=O)=O)NC(=O)CCOc1cccc(N)c1. The predicted octanol–water partition coefficient (Wildman–Crippen LogP) is 0.587. The van der Waals surface area contributed by atoms with E-state index < -0.39 is 15.9 Å². The number of nitrogens with one attached hydrogen (secondary N) is 1. The van der Waals surface area contributed by atoms with E-state index in [0.717, 1.165) is 6.26 Å². The lowest BCUT2D eigenvalue weighted by atomic mass is 10.3. The Morgan fingerprint density at radius 1 is 1.45 bits per heavy atom. The van der Waals surface area contributed by atoms with Crippen LogP contribution in [-0.2, 0) is 14.6 Å². The number of sulfone groups is 1. The van der Waals surface area contributed by atoms with E-state index in [1.54, 1.807) is 31.2 Å². The molecule has 7 heteroatoms. The minimum absolute atomic E-state index is 0.0746. The second kappa shape index (κ2) is 7.14. The van der Waals surface area contributed by atoms with Crippen molar-refractivity contribution in [1.29, 1.82) is 0 Å². The average Bonchev–Trinajstić information content (AvgIpc) is 2.25. The van der Waals surface area contributed by atoms with Crippen LogP contribution in [-0.4, -0.2) is 39.0 Å². The Kier molecular flexibility index (Phi) is 5.82. The van der Waals surface area contributed by atoms with Gasteiger partial charge in [-0.1, -0.05) is 6.07 Å². The van der Waals surface area contributed by atoms with E-state index in [2.05, 4.69) is 5.32 Å². The van der Waals surface area contributed by atoms with Crippen LogP contribution in [0.1, 0.15) is 13.3 Å². The smallest absolute Gasteiger partial charge is 0.223 e. The lowest BCUT2D eigenvalue weighted by Crippen LogP contribution is -2.37. The zero-order valence-corrected chi connectivity index (χ0v) is 12.4. The number of benzene rings is 1. The largest absolute Gasteiger partial charge is 0.493 e. The third-order valence-corrected chi connectivity index (χ3v) is 3.52. The van der Waals surface area contributed by atoms with Gasteiger partial charge < -0.3 is 15.8 Å². The fraction of sp³-hybridized carbons (Fsp3) is 0.462. The van der Waals surface area contributed by atoms with Gasteiger partial charge in [0.05, 0.1) is 18.8 Å². The number of nitrogens with two attached hydrogens (primary N) is 1. The molecule has 1 atom stereocenters. The summed E-state index contributed by atoms with van der Waals surface area (Å²) < 4.78 is 27.5. The van der Waals surface area contributed by atoms with E-state index in [9.17, 15) is 13.2 Å². The van der Waals surface area contributed by atoms with Gasteiger partial charge in [-0.25, -0.2) is 8.42 Å². The molecule has 0 bridgehead atoms. The number of carbonyl (C=O) groups is 1. The molecule has 0 saturated heterocycles. The molecule has 1 amide bonds. The number of hydrogen-bond donors (Lipinski definition) is 2. The van der Waals surface area contributed by atoms with Gasteiger partial charge in [-0.2, -0.15) is 0 Å². The Labute approximate surface area is 119 Å². The van der Waals surface area contributed by atoms with E-state index in [0.29, 0.717) is 11.4 Å². The molecule has 1 aromatic rings. The first-order valence-corrected chi connectivity index (χ1v) is 8.28. The molecule has 112 valence electrons. The van der Waals surface area contributed by atoms with Gasteiger partial charge in [-0.3, -0.25) is 4.79 Å². The van der Waals surface area contributed by atoms with Gasteiger partial charge >= 0.3 is 0 Å². The Balaban J connectivity index is 2.30. The summed E-state index contributed by atoms with van der Waals surface area (Å²) in [7, 11) is -3.10. The minimum Gasteiger partial charge on any atom is -0.493 e. The van der Waals surface area contributed by atoms with Crippen LogP contribution in [0, 0.1) is 0 Å². The van der Waals surface area contributed by atoms with Crippen molar-refractivity contribution in [3.8, 4) is 5.75 Å². The number of nitrogen functional groups attached to an aromatic ring is 1. The fourth-order valence-electron chi connectivity index (χ4n) is 1.71. The van der Waals surface area contributed by atoms with Crippen LogP contribution in [0.25, 0.3) is 0 Å². The highest BCUT2D eigenvalue weighted by atomic mass is 32.2. The highest BCUT2D eigenvalue weighted by Crippen LogP contribution is 2.14. The first kappa shape index (κ1) is 16.3. The van der Waals surface area contributed by atoms with Gasteiger partial charge in [0.1, 0.15) is 15.6 Å². The summed E-state index contributed by atoms with van der Waals surface area (Å²) in [5, 5.41) is 2.61. The molecule has 0 aliphatic rings. The number of ether oxygens (including phenoxy) is 1. The maximum Gasteiger partial charge on any atom is 0.223 e. The molecule has 1 unspecified atom stereocenters. The second-order valence-electron chi connectivity index (χ2n) is 4.73. The monoisotopic (exact) mass is 300 g/mol. The Morgan fingerprint density at radius 3 is 2.75 bits per heavy atom. The molecule has 1 rings (SSSR count). The molecule has 0 fully saturated rings. The highest BCUT2D eigenvalue weighted by molar-refractivity contribution is 7.90. The lowest BCUT2D eigenvalue weighted by molar-refractivity contribution is -0.122. The van der Waals surface area contributed by atoms with Gasteiger partial charge in [0.25, 0.3) is 0 Å². The van der Waals surface area contributed by atoms with Gasteiger partial charge in [0.15, 0.2) is 0 Å². The number of hydrogen-bond acceptors (Lipinski definition) is 5. The van der Waals surface area contributed by atoms with Crippen LogP contribution in [0.15, 0.2) is 24.3 Å². The second-order valence-corrected chi connectivity index (χ2v) is 6.92. The van der Waals surface area contributed by atoms with Crippen LogP contribution < -0.4 is 15.8 Å².